The molecule has 0 aliphatic heterocycles. The number of esters is 2. The highest BCUT2D eigenvalue weighted by atomic mass is 16.7. The predicted molar refractivity (Wildman–Crippen MR) is 428 cm³/mol. The molecule has 0 aliphatic carbocycles. The molecule has 0 rings (SSSR count). The summed E-state index contributed by atoms with van der Waals surface area (Å²) in [5.74, 6) is -2.00. The van der Waals surface area contributed by atoms with Crippen LogP contribution < -0.4 is 0 Å². The third-order valence-electron chi connectivity index (χ3n) is 17.9. The van der Waals surface area contributed by atoms with Gasteiger partial charge in [0.05, 0.1) is 34.4 Å². The van der Waals surface area contributed by atoms with E-state index in [4.69, 9.17) is 18.9 Å². The predicted octanol–water partition coefficient (Wildman–Crippen LogP) is 26.8. The summed E-state index contributed by atoms with van der Waals surface area (Å²) in [6.45, 7) is 4.78. The Hall–Kier alpha value is -4.57. The first-order chi connectivity index (χ1) is 48.6. The summed E-state index contributed by atoms with van der Waals surface area (Å²) in [5.41, 5.74) is 0. The largest absolute Gasteiger partial charge is 0.477 e. The van der Waals surface area contributed by atoms with Crippen molar-refractivity contribution in [2.24, 2.45) is 0 Å². The Morgan fingerprint density at radius 1 is 0.313 bits per heavy atom. The van der Waals surface area contributed by atoms with Crippen LogP contribution >= 0.6 is 0 Å². The zero-order valence-electron chi connectivity index (χ0n) is 65.1. The van der Waals surface area contributed by atoms with E-state index in [1.54, 1.807) is 0 Å². The molecule has 0 spiro atoms. The number of rotatable bonds is 76. The van der Waals surface area contributed by atoms with Gasteiger partial charge in [-0.1, -0.05) is 366 Å². The molecule has 0 heterocycles. The van der Waals surface area contributed by atoms with Gasteiger partial charge in [-0.15, -0.1) is 0 Å². The fourth-order valence-corrected chi connectivity index (χ4v) is 11.6. The van der Waals surface area contributed by atoms with Crippen molar-refractivity contribution in [3.8, 4) is 0 Å². The van der Waals surface area contributed by atoms with E-state index < -0.39 is 24.3 Å². The van der Waals surface area contributed by atoms with Gasteiger partial charge >= 0.3 is 17.9 Å². The number of likely N-dealkylation sites (N-methyl/N-ethyl adjacent to an activating group) is 1. The lowest BCUT2D eigenvalue weighted by Gasteiger charge is -2.25. The molecule has 0 saturated carbocycles. The van der Waals surface area contributed by atoms with E-state index in [1.165, 1.54) is 218 Å². The van der Waals surface area contributed by atoms with Gasteiger partial charge < -0.3 is 28.5 Å². The van der Waals surface area contributed by atoms with Crippen molar-refractivity contribution in [2.75, 3.05) is 47.5 Å². The molecule has 0 aromatic rings. The van der Waals surface area contributed by atoms with Crippen molar-refractivity contribution in [3.63, 3.8) is 0 Å². The van der Waals surface area contributed by atoms with Crippen LogP contribution in [-0.2, 0) is 33.3 Å². The summed E-state index contributed by atoms with van der Waals surface area (Å²) < 4.78 is 23.1. The lowest BCUT2D eigenvalue weighted by Crippen LogP contribution is -2.40. The Balaban J connectivity index is 4.04. The van der Waals surface area contributed by atoms with Crippen molar-refractivity contribution in [1.29, 1.82) is 0 Å². The quantitative estimate of drug-likeness (QED) is 0.0211. The molecule has 0 radical (unpaired) electrons. The molecule has 0 aromatic carbocycles. The number of aliphatic carboxylic acids is 1. The fraction of sp³-hybridized carbons (Fsp3) is 0.722. The molecule has 0 bridgehead atoms. The molecule has 568 valence electrons. The Labute approximate surface area is 611 Å². The minimum atomic E-state index is -1.52. The molecule has 2 atom stereocenters. The maximum absolute atomic E-state index is 13.0. The van der Waals surface area contributed by atoms with Crippen LogP contribution in [0.15, 0.2) is 134 Å². The monoisotopic (exact) mass is 1380 g/mol. The van der Waals surface area contributed by atoms with Gasteiger partial charge in [0, 0.05) is 12.8 Å². The van der Waals surface area contributed by atoms with Crippen molar-refractivity contribution < 1.29 is 42.9 Å². The number of carbonyl (C=O) groups excluding carboxylic acids is 2. The molecular formula is C90H156NO8+. The van der Waals surface area contributed by atoms with Gasteiger partial charge in [0.15, 0.2) is 6.10 Å². The first-order valence-corrected chi connectivity index (χ1v) is 41.3. The number of hydrogen-bond acceptors (Lipinski definition) is 7. The fourth-order valence-electron chi connectivity index (χ4n) is 11.6. The molecule has 0 aliphatic rings. The average molecular weight is 1380 g/mol. The van der Waals surface area contributed by atoms with Crippen LogP contribution in [0.2, 0.25) is 0 Å². The van der Waals surface area contributed by atoms with Gasteiger partial charge in [0.2, 0.25) is 0 Å². The summed E-state index contributed by atoms with van der Waals surface area (Å²) in [4.78, 5) is 37.8. The van der Waals surface area contributed by atoms with Crippen LogP contribution in [0.25, 0.3) is 0 Å². The van der Waals surface area contributed by atoms with E-state index in [2.05, 4.69) is 148 Å². The highest BCUT2D eigenvalue weighted by molar-refractivity contribution is 5.71. The molecule has 0 fully saturated rings. The van der Waals surface area contributed by atoms with E-state index in [0.29, 0.717) is 23.9 Å². The first-order valence-electron chi connectivity index (χ1n) is 41.3. The van der Waals surface area contributed by atoms with Gasteiger partial charge in [0.1, 0.15) is 13.2 Å². The van der Waals surface area contributed by atoms with Crippen LogP contribution in [0.4, 0.5) is 0 Å². The second-order valence-electron chi connectivity index (χ2n) is 28.7. The molecule has 9 nitrogen and oxygen atoms in total. The van der Waals surface area contributed by atoms with Crippen molar-refractivity contribution in [1.82, 2.24) is 0 Å². The second kappa shape index (κ2) is 79.1. The number of ether oxygens (including phenoxy) is 4. The maximum atomic E-state index is 13.0. The van der Waals surface area contributed by atoms with Crippen LogP contribution in [0.5, 0.6) is 0 Å². The van der Waals surface area contributed by atoms with Crippen molar-refractivity contribution in [2.45, 2.75) is 373 Å². The van der Waals surface area contributed by atoms with Gasteiger partial charge in [-0.2, -0.15) is 0 Å². The number of carboxylic acids is 1. The normalized spacial score (nSPS) is 13.3. The summed E-state index contributed by atoms with van der Waals surface area (Å²) in [7, 11) is 5.99. The van der Waals surface area contributed by atoms with Gasteiger partial charge in [-0.25, -0.2) is 4.79 Å². The van der Waals surface area contributed by atoms with Gasteiger partial charge in [0.25, 0.3) is 6.29 Å². The van der Waals surface area contributed by atoms with Crippen LogP contribution in [0.1, 0.15) is 361 Å². The lowest BCUT2D eigenvalue weighted by atomic mass is 10.0. The number of hydrogen-bond donors (Lipinski definition) is 1. The van der Waals surface area contributed by atoms with Gasteiger partial charge in [-0.3, -0.25) is 9.59 Å². The van der Waals surface area contributed by atoms with E-state index >= 15 is 0 Å². The smallest absolute Gasteiger partial charge is 0.361 e. The molecule has 1 N–H and O–H groups in total. The second-order valence-corrected chi connectivity index (χ2v) is 28.7. The summed E-state index contributed by atoms with van der Waals surface area (Å²) in [6, 6.07) is 0. The van der Waals surface area contributed by atoms with E-state index in [1.807, 2.05) is 21.1 Å². The molecule has 9 heteroatoms. The Kier molecular flexibility index (Phi) is 75.5. The third-order valence-corrected chi connectivity index (χ3v) is 17.9. The average Bonchev–Trinajstić information content (AvgIpc) is 1.14. The summed E-state index contributed by atoms with van der Waals surface area (Å²) in [5, 5.41) is 9.78. The Morgan fingerprint density at radius 2 is 0.576 bits per heavy atom. The number of allylic oxidation sites excluding steroid dienone is 22. The number of nitrogens with zero attached hydrogens (tertiary/aromatic N) is 1. The number of carbonyl (C=O) groups is 3. The highest BCUT2D eigenvalue weighted by Gasteiger charge is 2.25. The topological polar surface area (TPSA) is 108 Å². The molecular weight excluding hydrogens is 1220 g/mol. The Bertz CT molecular complexity index is 2100. The summed E-state index contributed by atoms with van der Waals surface area (Å²) >= 11 is 0. The molecule has 2 unspecified atom stereocenters. The minimum absolute atomic E-state index is 0.184. The highest BCUT2D eigenvalue weighted by Crippen LogP contribution is 2.19. The number of quaternary nitrogens is 1. The van der Waals surface area contributed by atoms with Crippen molar-refractivity contribution >= 4 is 17.9 Å². The van der Waals surface area contributed by atoms with Crippen LogP contribution in [-0.4, -0.2) is 87.4 Å². The summed E-state index contributed by atoms with van der Waals surface area (Å²) in [6.07, 6.45) is 112. The van der Waals surface area contributed by atoms with E-state index in [0.717, 1.165) is 109 Å². The number of carboxylic acid groups (broad SMARTS) is 1. The Morgan fingerprint density at radius 3 is 0.859 bits per heavy atom. The maximum Gasteiger partial charge on any atom is 0.361 e. The van der Waals surface area contributed by atoms with Crippen molar-refractivity contribution in [3.05, 3.63) is 134 Å². The van der Waals surface area contributed by atoms with Crippen LogP contribution in [0.3, 0.4) is 0 Å². The van der Waals surface area contributed by atoms with E-state index in [9.17, 15) is 19.5 Å². The van der Waals surface area contributed by atoms with E-state index in [-0.39, 0.29) is 32.2 Å². The zero-order valence-corrected chi connectivity index (χ0v) is 65.1. The SMILES string of the molecule is CC/C=C\C/C=C\C/C=C\C/C=C\C/C=C\C/C=C\C/C=C\C/C=C\C/C=C\CCCCCCCCCCCCCC(=O)OC(COC(=O)CCCCCCCCCCCCCCCCCCCCCCCCC/C=C\C/C=C\CCCCCCC)COC(OCC[N+](C)(C)C)C(=O)O. The lowest BCUT2D eigenvalue weighted by molar-refractivity contribution is -0.870. The molecule has 0 amide bonds. The first kappa shape index (κ1) is 94.4. The molecule has 0 saturated heterocycles. The van der Waals surface area contributed by atoms with Crippen LogP contribution in [0, 0.1) is 0 Å². The third kappa shape index (κ3) is 80.6. The molecule has 99 heavy (non-hydrogen) atoms. The zero-order chi connectivity index (χ0) is 71.8. The van der Waals surface area contributed by atoms with Gasteiger partial charge in [-0.05, 0) is 116 Å². The minimum Gasteiger partial charge on any atom is -0.477 e. The molecule has 0 aromatic heterocycles. The number of unbranched alkanes of at least 4 members (excludes halogenated alkanes) is 39. The standard InChI is InChI=1S/C90H155NO8/c1-6-8-10-12-14-16-18-20-22-24-26-28-30-32-34-36-38-40-42-43-44-45-47-49-51-53-55-57-59-61-63-65-67-69-71-73-75-77-79-81-88(93)99-86(85-98-90(89(94)95)96-83-82-91(3,4)5)84-97-87(92)80-78-76-74-72-70-68-66-64-62-60-58-56-54-52-50-48-46-41-39-37-35-33-31-29-27-25-23-21-19-17-15-13-11-9-7-2/h8,10,14,16,19-22,25-28,32,34,38,40,43-44,47,49,53,55,86,90H,6-7,9,11-13,15,17-18,23-24,29-31,33,35-37,39,41-42,45-46,48,50-52,54,56-85H2,1-5H3/p+1/b10-8-,16-14-,21-19-,22-20-,27-25-,28-26-,34-32-,40-38-,44-43-,49-47-,55-53-.